The minimum Gasteiger partial charge on any atom is -0.383 e. The summed E-state index contributed by atoms with van der Waals surface area (Å²) in [5, 5.41) is 0. The highest BCUT2D eigenvalue weighted by atomic mass is 19.3. The molecule has 0 aliphatic carbocycles. The number of hydrogen-bond acceptors (Lipinski definition) is 10. The summed E-state index contributed by atoms with van der Waals surface area (Å²) in [5.74, 6) is 0.824. The molecule has 3 aliphatic heterocycles. The van der Waals surface area contributed by atoms with E-state index < -0.39 is 6.43 Å². The van der Waals surface area contributed by atoms with E-state index in [2.05, 4.69) is 19.9 Å². The lowest BCUT2D eigenvalue weighted by molar-refractivity contribution is -0.0355. The Balaban J connectivity index is 1.66. The van der Waals surface area contributed by atoms with Crippen molar-refractivity contribution in [3.63, 3.8) is 0 Å². The Morgan fingerprint density at radius 1 is 1.00 bits per heavy atom. The summed E-state index contributed by atoms with van der Waals surface area (Å²) in [5.41, 5.74) is 5.80. The molecule has 0 amide bonds. The predicted octanol–water partition coefficient (Wildman–Crippen LogP) is 1.28. The summed E-state index contributed by atoms with van der Waals surface area (Å²) in [6.07, 6.45) is -1.49. The molecule has 10 nitrogen and oxygen atoms in total. The van der Waals surface area contributed by atoms with Gasteiger partial charge in [0.15, 0.2) is 5.82 Å². The van der Waals surface area contributed by atoms with Gasteiger partial charge in [-0.2, -0.15) is 15.0 Å². The van der Waals surface area contributed by atoms with Crippen LogP contribution >= 0.6 is 0 Å². The number of fused-ring (bicyclic) bond motifs is 2. The Morgan fingerprint density at radius 3 is 2.34 bits per heavy atom. The third-order valence-corrected chi connectivity index (χ3v) is 5.97. The standard InChI is InChI=1S/C20H25F2N7O3/c1-11-6-30-5-4-28(11)19-25-18(15-14(16(21)22)2-3-24-17(15)23)26-20(27-19)29-12-7-31-9-13(29)10-32-8-12/h2-3,11-13,16H,4-10H2,1H3,(H2,23,24)/t11-,12?,13?/m1/s1. The number of nitrogen functional groups attached to an aromatic ring is 1. The van der Waals surface area contributed by atoms with Gasteiger partial charge in [0, 0.05) is 18.3 Å². The molecule has 5 heterocycles. The number of nitrogens with two attached hydrogens (primary N) is 1. The van der Waals surface area contributed by atoms with Gasteiger partial charge in [0.25, 0.3) is 6.43 Å². The highest BCUT2D eigenvalue weighted by Crippen LogP contribution is 2.35. The average molecular weight is 449 g/mol. The van der Waals surface area contributed by atoms with Crippen LogP contribution in [0, 0.1) is 0 Å². The fourth-order valence-corrected chi connectivity index (χ4v) is 4.38. The molecule has 0 spiro atoms. The van der Waals surface area contributed by atoms with Gasteiger partial charge in [0.2, 0.25) is 11.9 Å². The first-order valence-corrected chi connectivity index (χ1v) is 10.6. The molecule has 5 rings (SSSR count). The van der Waals surface area contributed by atoms with Crippen LogP contribution < -0.4 is 15.5 Å². The maximum Gasteiger partial charge on any atom is 0.264 e. The number of morpholine rings is 3. The van der Waals surface area contributed by atoms with Crippen LogP contribution in [-0.4, -0.2) is 84.2 Å². The lowest BCUT2D eigenvalue weighted by Crippen LogP contribution is -2.60. The van der Waals surface area contributed by atoms with E-state index in [9.17, 15) is 8.78 Å². The number of halogens is 2. The zero-order chi connectivity index (χ0) is 22.2. The smallest absolute Gasteiger partial charge is 0.264 e. The Morgan fingerprint density at radius 2 is 1.69 bits per heavy atom. The predicted molar refractivity (Wildman–Crippen MR) is 112 cm³/mol. The second-order valence-corrected chi connectivity index (χ2v) is 8.13. The monoisotopic (exact) mass is 449 g/mol. The first-order chi connectivity index (χ1) is 15.5. The molecule has 3 aliphatic rings. The summed E-state index contributed by atoms with van der Waals surface area (Å²) >= 11 is 0. The number of pyridine rings is 1. The molecule has 0 saturated carbocycles. The van der Waals surface area contributed by atoms with Crippen molar-refractivity contribution in [2.75, 3.05) is 61.7 Å². The van der Waals surface area contributed by atoms with E-state index in [-0.39, 0.29) is 40.9 Å². The molecule has 0 aromatic carbocycles. The molecule has 1 atom stereocenters. The first-order valence-electron chi connectivity index (χ1n) is 10.6. The molecule has 172 valence electrons. The molecular weight excluding hydrogens is 424 g/mol. The third kappa shape index (κ3) is 3.82. The number of hydrogen-bond donors (Lipinski definition) is 1. The fraction of sp³-hybridized carbons (Fsp3) is 0.600. The molecule has 0 unspecified atom stereocenters. The zero-order valence-corrected chi connectivity index (χ0v) is 17.7. The lowest BCUT2D eigenvalue weighted by Gasteiger charge is -2.45. The molecule has 3 saturated heterocycles. The average Bonchev–Trinajstić information content (AvgIpc) is 2.78. The second kappa shape index (κ2) is 8.68. The number of alkyl halides is 2. The van der Waals surface area contributed by atoms with Crippen molar-refractivity contribution in [1.82, 2.24) is 19.9 Å². The van der Waals surface area contributed by atoms with Gasteiger partial charge >= 0.3 is 0 Å². The van der Waals surface area contributed by atoms with Gasteiger partial charge in [0.1, 0.15) is 5.82 Å². The van der Waals surface area contributed by atoms with Gasteiger partial charge in [-0.25, -0.2) is 13.8 Å². The SMILES string of the molecule is C[C@@H]1COCCN1c1nc(-c2c(C(F)F)ccnc2N)nc(N2C3COCC2COC3)n1. The van der Waals surface area contributed by atoms with Crippen molar-refractivity contribution in [2.45, 2.75) is 31.5 Å². The van der Waals surface area contributed by atoms with Gasteiger partial charge in [-0.05, 0) is 13.0 Å². The quantitative estimate of drug-likeness (QED) is 0.733. The molecule has 2 aromatic rings. The molecule has 2 bridgehead atoms. The summed E-state index contributed by atoms with van der Waals surface area (Å²) < 4.78 is 44.6. The highest BCUT2D eigenvalue weighted by Gasteiger charge is 2.38. The van der Waals surface area contributed by atoms with Crippen LogP contribution in [0.25, 0.3) is 11.4 Å². The summed E-state index contributed by atoms with van der Waals surface area (Å²) in [7, 11) is 0. The summed E-state index contributed by atoms with van der Waals surface area (Å²) in [6, 6.07) is 1.11. The van der Waals surface area contributed by atoms with Gasteiger partial charge in [-0.3, -0.25) is 0 Å². The van der Waals surface area contributed by atoms with Gasteiger partial charge in [-0.1, -0.05) is 0 Å². The normalized spacial score (nSPS) is 25.9. The number of aromatic nitrogens is 4. The van der Waals surface area contributed by atoms with Crippen LogP contribution in [0.15, 0.2) is 12.3 Å². The van der Waals surface area contributed by atoms with E-state index in [0.717, 1.165) is 0 Å². The van der Waals surface area contributed by atoms with Crippen LogP contribution in [0.3, 0.4) is 0 Å². The van der Waals surface area contributed by atoms with Crippen molar-refractivity contribution >= 4 is 17.7 Å². The Labute approximate surface area is 183 Å². The van der Waals surface area contributed by atoms with Crippen LogP contribution in [0.2, 0.25) is 0 Å². The molecule has 0 radical (unpaired) electrons. The van der Waals surface area contributed by atoms with Gasteiger partial charge < -0.3 is 29.7 Å². The van der Waals surface area contributed by atoms with Crippen LogP contribution in [0.5, 0.6) is 0 Å². The van der Waals surface area contributed by atoms with Crippen molar-refractivity contribution in [3.8, 4) is 11.4 Å². The molecule has 2 aromatic heterocycles. The molecule has 12 heteroatoms. The van der Waals surface area contributed by atoms with E-state index in [4.69, 9.17) is 24.9 Å². The van der Waals surface area contributed by atoms with E-state index in [1.807, 2.05) is 11.8 Å². The number of nitrogens with zero attached hydrogens (tertiary/aromatic N) is 6. The van der Waals surface area contributed by atoms with Crippen molar-refractivity contribution < 1.29 is 23.0 Å². The highest BCUT2D eigenvalue weighted by molar-refractivity contribution is 5.73. The van der Waals surface area contributed by atoms with Crippen LogP contribution in [0.4, 0.5) is 26.5 Å². The fourth-order valence-electron chi connectivity index (χ4n) is 4.38. The van der Waals surface area contributed by atoms with E-state index in [1.165, 1.54) is 12.3 Å². The van der Waals surface area contributed by atoms with Crippen molar-refractivity contribution in [3.05, 3.63) is 17.8 Å². The summed E-state index contributed by atoms with van der Waals surface area (Å²) in [4.78, 5) is 22.0. The molecule has 2 N–H and O–H groups in total. The summed E-state index contributed by atoms with van der Waals surface area (Å²) in [6.45, 7) is 5.50. The largest absolute Gasteiger partial charge is 0.383 e. The van der Waals surface area contributed by atoms with Crippen molar-refractivity contribution in [1.29, 1.82) is 0 Å². The number of anilines is 3. The third-order valence-electron chi connectivity index (χ3n) is 5.97. The molecule has 32 heavy (non-hydrogen) atoms. The van der Waals surface area contributed by atoms with E-state index >= 15 is 0 Å². The van der Waals surface area contributed by atoms with Crippen LogP contribution in [-0.2, 0) is 14.2 Å². The topological polar surface area (TPSA) is 112 Å². The zero-order valence-electron chi connectivity index (χ0n) is 17.7. The van der Waals surface area contributed by atoms with E-state index in [0.29, 0.717) is 58.1 Å². The Kier molecular flexibility index (Phi) is 5.74. The minimum atomic E-state index is -2.75. The maximum atomic E-state index is 13.8. The number of ether oxygens (including phenoxy) is 3. The Hall–Kier alpha value is -2.70. The van der Waals surface area contributed by atoms with Gasteiger partial charge in [-0.15, -0.1) is 0 Å². The Bertz CT molecular complexity index is 960. The lowest BCUT2D eigenvalue weighted by atomic mass is 10.1. The van der Waals surface area contributed by atoms with E-state index in [1.54, 1.807) is 0 Å². The maximum absolute atomic E-state index is 13.8. The number of rotatable bonds is 4. The molecule has 3 fully saturated rings. The van der Waals surface area contributed by atoms with Crippen LogP contribution in [0.1, 0.15) is 18.9 Å². The molecular formula is C20H25F2N7O3. The van der Waals surface area contributed by atoms with Crippen molar-refractivity contribution in [2.24, 2.45) is 0 Å². The first kappa shape index (κ1) is 21.2. The van der Waals surface area contributed by atoms with Gasteiger partial charge in [0.05, 0.1) is 63.3 Å². The second-order valence-electron chi connectivity index (χ2n) is 8.13. The minimum absolute atomic E-state index is 0.0141.